The molecule has 0 spiro atoms. The molecule has 2 aromatic heterocycles. The number of carbonyl (C=O) groups is 1. The molecule has 0 fully saturated rings. The van der Waals surface area contributed by atoms with Crippen molar-refractivity contribution in [2.24, 2.45) is 7.05 Å². The Morgan fingerprint density at radius 2 is 1.96 bits per heavy atom. The third-order valence-electron chi connectivity index (χ3n) is 4.45. The monoisotopic (exact) mass is 405 g/mol. The fourth-order valence-electron chi connectivity index (χ4n) is 2.67. The van der Waals surface area contributed by atoms with Crippen LogP contribution in [0.3, 0.4) is 0 Å². The molecule has 3 aromatic rings. The molecule has 27 heavy (non-hydrogen) atoms. The maximum Gasteiger partial charge on any atom is 0.262 e. The van der Waals surface area contributed by atoms with Crippen LogP contribution in [0.5, 0.6) is 0 Å². The van der Waals surface area contributed by atoms with Gasteiger partial charge in [-0.3, -0.25) is 14.2 Å². The second kappa shape index (κ2) is 7.82. The van der Waals surface area contributed by atoms with E-state index in [1.165, 1.54) is 39.8 Å². The van der Waals surface area contributed by atoms with E-state index in [4.69, 9.17) is 0 Å². The molecule has 0 aliphatic rings. The first-order valence-electron chi connectivity index (χ1n) is 8.36. The highest BCUT2D eigenvalue weighted by molar-refractivity contribution is 7.99. The number of benzene rings is 1. The van der Waals surface area contributed by atoms with Gasteiger partial charge in [0.25, 0.3) is 5.56 Å². The van der Waals surface area contributed by atoms with Gasteiger partial charge in [-0.2, -0.15) is 0 Å². The van der Waals surface area contributed by atoms with E-state index < -0.39 is 0 Å². The molecule has 5 nitrogen and oxygen atoms in total. The summed E-state index contributed by atoms with van der Waals surface area (Å²) in [5.41, 5.74) is 1.74. The van der Waals surface area contributed by atoms with Crippen molar-refractivity contribution in [2.45, 2.75) is 25.5 Å². The summed E-state index contributed by atoms with van der Waals surface area (Å²) in [4.78, 5) is 33.0. The Morgan fingerprint density at radius 3 is 2.63 bits per heavy atom. The summed E-state index contributed by atoms with van der Waals surface area (Å²) in [5.74, 6) is -0.214. The molecule has 3 rings (SSSR count). The maximum absolute atomic E-state index is 13.0. The lowest BCUT2D eigenvalue weighted by atomic mass is 10.2. The first-order valence-corrected chi connectivity index (χ1v) is 10.2. The number of rotatable bonds is 5. The number of nitrogens with zero attached hydrogens (tertiary/aromatic N) is 3. The molecule has 0 saturated carbocycles. The number of thioether (sulfide) groups is 1. The first-order chi connectivity index (χ1) is 12.8. The van der Waals surface area contributed by atoms with Crippen molar-refractivity contribution in [3.8, 4) is 0 Å². The largest absolute Gasteiger partial charge is 0.341 e. The highest BCUT2D eigenvalue weighted by Crippen LogP contribution is 2.28. The van der Waals surface area contributed by atoms with Crippen LogP contribution in [0.15, 0.2) is 34.2 Å². The number of halogens is 1. The normalized spacial score (nSPS) is 11.1. The molecule has 0 N–H and O–H groups in total. The van der Waals surface area contributed by atoms with Crippen LogP contribution in [0, 0.1) is 19.7 Å². The van der Waals surface area contributed by atoms with Gasteiger partial charge in [0.15, 0.2) is 5.16 Å². The van der Waals surface area contributed by atoms with Crippen LogP contribution in [0.25, 0.3) is 10.2 Å². The number of aryl methyl sites for hydroxylation is 2. The predicted molar refractivity (Wildman–Crippen MR) is 108 cm³/mol. The number of amides is 1. The molecule has 0 atom stereocenters. The van der Waals surface area contributed by atoms with Crippen molar-refractivity contribution in [3.63, 3.8) is 0 Å². The second-order valence-corrected chi connectivity index (χ2v) is 8.53. The number of aromatic nitrogens is 2. The predicted octanol–water partition coefficient (Wildman–Crippen LogP) is 3.50. The minimum Gasteiger partial charge on any atom is -0.341 e. The van der Waals surface area contributed by atoms with Crippen molar-refractivity contribution in [3.05, 3.63) is 56.4 Å². The molecule has 8 heteroatoms. The zero-order chi connectivity index (χ0) is 19.7. The minimum absolute atomic E-state index is 0.0859. The average molecular weight is 406 g/mol. The van der Waals surface area contributed by atoms with Gasteiger partial charge < -0.3 is 4.90 Å². The van der Waals surface area contributed by atoms with E-state index in [2.05, 4.69) is 4.98 Å². The Bertz CT molecular complexity index is 1060. The summed E-state index contributed by atoms with van der Waals surface area (Å²) in [6.45, 7) is 4.30. The molecule has 0 aliphatic heterocycles. The van der Waals surface area contributed by atoms with Crippen LogP contribution >= 0.6 is 23.1 Å². The van der Waals surface area contributed by atoms with Gasteiger partial charge in [-0.1, -0.05) is 23.9 Å². The summed E-state index contributed by atoms with van der Waals surface area (Å²) in [6, 6.07) is 6.07. The Kier molecular flexibility index (Phi) is 5.67. The first kappa shape index (κ1) is 19.6. The van der Waals surface area contributed by atoms with E-state index in [0.717, 1.165) is 16.0 Å². The van der Waals surface area contributed by atoms with Crippen molar-refractivity contribution in [1.29, 1.82) is 0 Å². The van der Waals surface area contributed by atoms with E-state index in [0.29, 0.717) is 21.9 Å². The van der Waals surface area contributed by atoms with Crippen LogP contribution < -0.4 is 5.56 Å². The highest BCUT2D eigenvalue weighted by Gasteiger charge is 2.17. The molecule has 0 aliphatic carbocycles. The second-order valence-electron chi connectivity index (χ2n) is 6.39. The highest BCUT2D eigenvalue weighted by atomic mass is 32.2. The molecule has 1 aromatic carbocycles. The molecular formula is C19H20FN3O2S2. The molecule has 0 radical (unpaired) electrons. The van der Waals surface area contributed by atoms with Crippen molar-refractivity contribution >= 4 is 39.2 Å². The van der Waals surface area contributed by atoms with E-state index in [1.54, 1.807) is 31.1 Å². The van der Waals surface area contributed by atoms with Gasteiger partial charge in [0, 0.05) is 25.5 Å². The zero-order valence-electron chi connectivity index (χ0n) is 15.6. The number of hydrogen-bond donors (Lipinski definition) is 0. The fourth-order valence-corrected chi connectivity index (χ4v) is 4.66. The van der Waals surface area contributed by atoms with Crippen molar-refractivity contribution < 1.29 is 9.18 Å². The Labute approximate surface area is 164 Å². The third-order valence-corrected chi connectivity index (χ3v) is 6.57. The molecule has 2 heterocycles. The van der Waals surface area contributed by atoms with Crippen molar-refractivity contribution in [1.82, 2.24) is 14.5 Å². The standard InChI is InChI=1S/C19H20FN3O2S2/c1-11-12(2)27-17-16(11)18(25)23(4)19(21-17)26-10-15(24)22(3)9-13-5-7-14(20)8-6-13/h5-8H,9-10H2,1-4H3. The average Bonchev–Trinajstić information content (AvgIpc) is 2.92. The Morgan fingerprint density at radius 1 is 1.30 bits per heavy atom. The molecule has 142 valence electrons. The SMILES string of the molecule is Cc1sc2nc(SCC(=O)N(C)Cc3ccc(F)cc3)n(C)c(=O)c2c1C. The number of fused-ring (bicyclic) bond motifs is 1. The summed E-state index contributed by atoms with van der Waals surface area (Å²) < 4.78 is 14.5. The van der Waals surface area contributed by atoms with E-state index >= 15 is 0 Å². The van der Waals surface area contributed by atoms with Gasteiger partial charge in [-0.05, 0) is 37.1 Å². The van der Waals surface area contributed by atoms with E-state index in [9.17, 15) is 14.0 Å². The van der Waals surface area contributed by atoms with Gasteiger partial charge in [0.1, 0.15) is 10.6 Å². The van der Waals surface area contributed by atoms with Crippen LogP contribution in [0.1, 0.15) is 16.0 Å². The lowest BCUT2D eigenvalue weighted by Crippen LogP contribution is -2.28. The summed E-state index contributed by atoms with van der Waals surface area (Å²) in [6.07, 6.45) is 0. The lowest BCUT2D eigenvalue weighted by Gasteiger charge is -2.17. The van der Waals surface area contributed by atoms with Crippen LogP contribution in [0.4, 0.5) is 4.39 Å². The molecule has 0 saturated heterocycles. The van der Waals surface area contributed by atoms with Gasteiger partial charge in [0.05, 0.1) is 11.1 Å². The van der Waals surface area contributed by atoms with Crippen LogP contribution in [-0.2, 0) is 18.4 Å². The number of carbonyl (C=O) groups excluding carboxylic acids is 1. The summed E-state index contributed by atoms with van der Waals surface area (Å²) in [5, 5.41) is 1.18. The third kappa shape index (κ3) is 4.06. The molecular weight excluding hydrogens is 385 g/mol. The molecule has 0 unspecified atom stereocenters. The lowest BCUT2D eigenvalue weighted by molar-refractivity contribution is -0.127. The van der Waals surface area contributed by atoms with Crippen LogP contribution in [-0.4, -0.2) is 33.2 Å². The van der Waals surface area contributed by atoms with Gasteiger partial charge >= 0.3 is 0 Å². The van der Waals surface area contributed by atoms with E-state index in [1.807, 2.05) is 13.8 Å². The van der Waals surface area contributed by atoms with Crippen LogP contribution in [0.2, 0.25) is 0 Å². The summed E-state index contributed by atoms with van der Waals surface area (Å²) in [7, 11) is 3.38. The smallest absolute Gasteiger partial charge is 0.262 e. The minimum atomic E-state index is -0.301. The van der Waals surface area contributed by atoms with Crippen molar-refractivity contribution in [2.75, 3.05) is 12.8 Å². The maximum atomic E-state index is 13.0. The molecule has 0 bridgehead atoms. The Hall–Kier alpha value is -2.19. The number of thiophene rings is 1. The molecule has 1 amide bonds. The van der Waals surface area contributed by atoms with Gasteiger partial charge in [-0.15, -0.1) is 11.3 Å². The van der Waals surface area contributed by atoms with Gasteiger partial charge in [0.2, 0.25) is 5.91 Å². The zero-order valence-corrected chi connectivity index (χ0v) is 17.2. The topological polar surface area (TPSA) is 55.2 Å². The number of hydrogen-bond acceptors (Lipinski definition) is 5. The van der Waals surface area contributed by atoms with E-state index in [-0.39, 0.29) is 23.0 Å². The fraction of sp³-hybridized carbons (Fsp3) is 0.316. The Balaban J connectivity index is 1.72. The summed E-state index contributed by atoms with van der Waals surface area (Å²) >= 11 is 2.74. The quantitative estimate of drug-likeness (QED) is 0.482. The van der Waals surface area contributed by atoms with Gasteiger partial charge in [-0.25, -0.2) is 9.37 Å².